The van der Waals surface area contributed by atoms with Gasteiger partial charge in [0.15, 0.2) is 18.5 Å². The highest BCUT2D eigenvalue weighted by atomic mass is 35.6. The molecule has 1 heterocycles. The summed E-state index contributed by atoms with van der Waals surface area (Å²) >= 11 is 16.8. The van der Waals surface area contributed by atoms with E-state index in [9.17, 15) is 19.2 Å². The molecule has 1 saturated heterocycles. The molecule has 1 aliphatic rings. The number of hydrogen-bond donors (Lipinski definition) is 1. The molecule has 10 nitrogen and oxygen atoms in total. The first-order valence-corrected chi connectivity index (χ1v) is 9.73. The number of halogens is 3. The highest BCUT2D eigenvalue weighted by molar-refractivity contribution is 6.76. The fourth-order valence-electron chi connectivity index (χ4n) is 2.59. The zero-order valence-electron chi connectivity index (χ0n) is 16.4. The third-order valence-corrected chi connectivity index (χ3v) is 4.15. The number of nitrogens with one attached hydrogen (secondary N) is 1. The largest absolute Gasteiger partial charge is 0.463 e. The molecule has 0 radical (unpaired) electrons. The van der Waals surface area contributed by atoms with Crippen LogP contribution in [-0.4, -0.2) is 71.5 Å². The van der Waals surface area contributed by atoms with E-state index in [2.05, 4.69) is 11.9 Å². The number of hydrogen-bond acceptors (Lipinski definition) is 9. The summed E-state index contributed by atoms with van der Waals surface area (Å²) in [5.74, 6) is -3.20. The number of alkyl halides is 3. The van der Waals surface area contributed by atoms with Gasteiger partial charge in [-0.3, -0.25) is 19.2 Å². The average molecular weight is 491 g/mol. The SMILES string of the molecule is C=CCO[C@@H]1O[C@H](COC(C)=O)[C@@H](OC(C)=O)[C@H](OC(C)=O)[C@H]1NC(=O)C(Cl)(Cl)Cl. The molecule has 1 N–H and O–H groups in total. The number of carbonyl (C=O) groups is 4. The fraction of sp³-hybridized carbons (Fsp3) is 0.647. The zero-order chi connectivity index (χ0) is 23.1. The first kappa shape index (κ1) is 26.4. The maximum atomic E-state index is 12.3. The van der Waals surface area contributed by atoms with Crippen LogP contribution in [0.1, 0.15) is 20.8 Å². The Hall–Kier alpha value is -1.59. The Bertz CT molecular complexity index is 667. The summed E-state index contributed by atoms with van der Waals surface area (Å²) < 4.78 is 24.4. The van der Waals surface area contributed by atoms with Crippen molar-refractivity contribution in [3.05, 3.63) is 12.7 Å². The van der Waals surface area contributed by atoms with Crippen molar-refractivity contribution >= 4 is 58.6 Å². The van der Waals surface area contributed by atoms with Crippen LogP contribution in [-0.2, 0) is 42.9 Å². The van der Waals surface area contributed by atoms with Crippen LogP contribution in [0.25, 0.3) is 0 Å². The Morgan fingerprint density at radius 2 is 1.60 bits per heavy atom. The van der Waals surface area contributed by atoms with Gasteiger partial charge in [-0.2, -0.15) is 0 Å². The van der Waals surface area contributed by atoms with E-state index in [0.29, 0.717) is 0 Å². The molecule has 0 saturated carbocycles. The van der Waals surface area contributed by atoms with Gasteiger partial charge in [-0.25, -0.2) is 0 Å². The molecule has 170 valence electrons. The van der Waals surface area contributed by atoms with Crippen LogP contribution in [0.5, 0.6) is 0 Å². The van der Waals surface area contributed by atoms with Gasteiger partial charge in [0.1, 0.15) is 18.8 Å². The van der Waals surface area contributed by atoms with Crippen LogP contribution >= 0.6 is 34.8 Å². The maximum absolute atomic E-state index is 12.3. The van der Waals surface area contributed by atoms with Gasteiger partial charge in [-0.1, -0.05) is 40.9 Å². The third kappa shape index (κ3) is 8.27. The molecule has 0 aliphatic carbocycles. The molecular formula is C17H22Cl3NO9. The summed E-state index contributed by atoms with van der Waals surface area (Å²) in [5, 5.41) is 2.37. The van der Waals surface area contributed by atoms with Crippen molar-refractivity contribution in [2.75, 3.05) is 13.2 Å². The second kappa shape index (κ2) is 11.7. The number of carbonyl (C=O) groups excluding carboxylic acids is 4. The topological polar surface area (TPSA) is 126 Å². The van der Waals surface area contributed by atoms with E-state index >= 15 is 0 Å². The monoisotopic (exact) mass is 489 g/mol. The lowest BCUT2D eigenvalue weighted by atomic mass is 9.96. The maximum Gasteiger partial charge on any atom is 0.303 e. The van der Waals surface area contributed by atoms with Crippen LogP contribution in [0.15, 0.2) is 12.7 Å². The van der Waals surface area contributed by atoms with Crippen molar-refractivity contribution < 1.29 is 42.9 Å². The van der Waals surface area contributed by atoms with Crippen molar-refractivity contribution in [1.82, 2.24) is 5.32 Å². The van der Waals surface area contributed by atoms with E-state index in [1.165, 1.54) is 13.0 Å². The minimum Gasteiger partial charge on any atom is -0.463 e. The normalized spacial score (nSPS) is 26.3. The molecule has 0 spiro atoms. The first-order chi connectivity index (χ1) is 13.9. The highest BCUT2D eigenvalue weighted by Gasteiger charge is 2.52. The van der Waals surface area contributed by atoms with Crippen molar-refractivity contribution in [3.8, 4) is 0 Å². The Balaban J connectivity index is 3.35. The summed E-state index contributed by atoms with van der Waals surface area (Å²) in [6, 6.07) is -1.25. The molecule has 1 amide bonds. The van der Waals surface area contributed by atoms with Crippen molar-refractivity contribution in [3.63, 3.8) is 0 Å². The highest BCUT2D eigenvalue weighted by Crippen LogP contribution is 2.31. The molecule has 0 bridgehead atoms. The van der Waals surface area contributed by atoms with Crippen LogP contribution < -0.4 is 5.32 Å². The number of amides is 1. The predicted octanol–water partition coefficient (Wildman–Crippen LogP) is 1.20. The Morgan fingerprint density at radius 1 is 1.03 bits per heavy atom. The molecular weight excluding hydrogens is 469 g/mol. The molecule has 0 aromatic carbocycles. The molecule has 1 aliphatic heterocycles. The Morgan fingerprint density at radius 3 is 2.07 bits per heavy atom. The summed E-state index contributed by atoms with van der Waals surface area (Å²) in [4.78, 5) is 46.9. The summed E-state index contributed by atoms with van der Waals surface area (Å²) in [7, 11) is 0. The lowest BCUT2D eigenvalue weighted by molar-refractivity contribution is -0.275. The van der Waals surface area contributed by atoms with Gasteiger partial charge in [0.2, 0.25) is 0 Å². The van der Waals surface area contributed by atoms with Crippen LogP contribution in [0.4, 0.5) is 0 Å². The Kier molecular flexibility index (Phi) is 10.3. The van der Waals surface area contributed by atoms with E-state index in [1.807, 2.05) is 0 Å². The standard InChI is InChI=1S/C17H22Cl3NO9/c1-5-6-26-15-12(21-16(25)17(18,19)20)14(29-10(4)24)13(28-9(3)23)11(30-15)7-27-8(2)22/h5,11-15H,1,6-7H2,2-4H3,(H,21,25)/t11-,12-,13-,14-,15-/m1/s1. The van der Waals surface area contributed by atoms with E-state index < -0.39 is 58.3 Å². The van der Waals surface area contributed by atoms with Crippen molar-refractivity contribution in [1.29, 1.82) is 0 Å². The predicted molar refractivity (Wildman–Crippen MR) is 105 cm³/mol. The average Bonchev–Trinajstić information content (AvgIpc) is 2.60. The third-order valence-electron chi connectivity index (χ3n) is 3.63. The zero-order valence-corrected chi connectivity index (χ0v) is 18.7. The van der Waals surface area contributed by atoms with Gasteiger partial charge in [0, 0.05) is 20.8 Å². The van der Waals surface area contributed by atoms with E-state index in [0.717, 1.165) is 13.8 Å². The molecule has 0 aromatic heterocycles. The van der Waals surface area contributed by atoms with Crippen LogP contribution in [0.3, 0.4) is 0 Å². The van der Waals surface area contributed by atoms with Crippen molar-refractivity contribution in [2.45, 2.75) is 55.2 Å². The van der Waals surface area contributed by atoms with Gasteiger partial charge in [0.25, 0.3) is 9.70 Å². The first-order valence-electron chi connectivity index (χ1n) is 8.60. The van der Waals surface area contributed by atoms with Gasteiger partial charge >= 0.3 is 17.9 Å². The number of ether oxygens (including phenoxy) is 5. The van der Waals surface area contributed by atoms with E-state index in [-0.39, 0.29) is 13.2 Å². The molecule has 5 atom stereocenters. The summed E-state index contributed by atoms with van der Waals surface area (Å²) in [6.07, 6.45) is -3.58. The molecule has 1 fully saturated rings. The molecule has 0 unspecified atom stereocenters. The van der Waals surface area contributed by atoms with Crippen molar-refractivity contribution in [2.24, 2.45) is 0 Å². The lowest BCUT2D eigenvalue weighted by Crippen LogP contribution is -2.67. The van der Waals surface area contributed by atoms with Crippen LogP contribution in [0.2, 0.25) is 0 Å². The van der Waals surface area contributed by atoms with Gasteiger partial charge in [-0.05, 0) is 0 Å². The number of esters is 3. The summed E-state index contributed by atoms with van der Waals surface area (Å²) in [6.45, 7) is 6.52. The van der Waals surface area contributed by atoms with Gasteiger partial charge in [0.05, 0.1) is 6.61 Å². The smallest absolute Gasteiger partial charge is 0.303 e. The van der Waals surface area contributed by atoms with E-state index in [1.54, 1.807) is 0 Å². The minimum atomic E-state index is -2.35. The molecule has 13 heteroatoms. The van der Waals surface area contributed by atoms with E-state index in [4.69, 9.17) is 58.5 Å². The Labute approximate surface area is 188 Å². The van der Waals surface area contributed by atoms with Gasteiger partial charge in [-0.15, -0.1) is 6.58 Å². The molecule has 1 rings (SSSR count). The quantitative estimate of drug-likeness (QED) is 0.231. The van der Waals surface area contributed by atoms with Gasteiger partial charge < -0.3 is 29.0 Å². The molecule has 0 aromatic rings. The van der Waals surface area contributed by atoms with Crippen LogP contribution in [0, 0.1) is 0 Å². The fourth-order valence-corrected chi connectivity index (χ4v) is 2.76. The molecule has 30 heavy (non-hydrogen) atoms. The summed E-state index contributed by atoms with van der Waals surface area (Å²) in [5.41, 5.74) is 0. The second-order valence-corrected chi connectivity index (χ2v) is 8.39. The lowest BCUT2D eigenvalue weighted by Gasteiger charge is -2.45. The number of rotatable bonds is 8. The minimum absolute atomic E-state index is 0.0316. The second-order valence-electron chi connectivity index (χ2n) is 6.11.